The second-order valence-corrected chi connectivity index (χ2v) is 5.71. The quantitative estimate of drug-likeness (QED) is 0.592. The smallest absolute Gasteiger partial charge is 0.231 e. The third kappa shape index (κ3) is 2.64. The van der Waals surface area contributed by atoms with Crippen LogP contribution in [0.25, 0.3) is 11.0 Å². The van der Waals surface area contributed by atoms with Crippen molar-refractivity contribution in [2.75, 3.05) is 22.5 Å². The van der Waals surface area contributed by atoms with E-state index < -0.39 is 0 Å². The largest absolute Gasteiger partial charge is 0.370 e. The van der Waals surface area contributed by atoms with Crippen molar-refractivity contribution in [1.82, 2.24) is 15.0 Å². The Morgan fingerprint density at radius 2 is 2.12 bits per heavy atom. The van der Waals surface area contributed by atoms with Crippen molar-refractivity contribution < 1.29 is 4.79 Å². The first-order chi connectivity index (χ1) is 11.7. The molecule has 0 atom stereocenters. The molecule has 4 N–H and O–H groups in total. The molecule has 0 spiro atoms. The summed E-state index contributed by atoms with van der Waals surface area (Å²) < 4.78 is 0. The molecule has 3 aromatic rings. The van der Waals surface area contributed by atoms with E-state index in [1.165, 1.54) is 0 Å². The predicted octanol–water partition coefficient (Wildman–Crippen LogP) is 3.02. The minimum Gasteiger partial charge on any atom is -0.370 e. The fourth-order valence-electron chi connectivity index (χ4n) is 2.89. The van der Waals surface area contributed by atoms with Crippen LogP contribution < -0.4 is 16.0 Å². The minimum atomic E-state index is 0.0685. The highest BCUT2D eigenvalue weighted by Gasteiger charge is 2.15. The van der Waals surface area contributed by atoms with Gasteiger partial charge in [-0.05, 0) is 43.2 Å². The molecular formula is C17H18N6O. The molecule has 0 unspecified atom stereocenters. The molecule has 24 heavy (non-hydrogen) atoms. The van der Waals surface area contributed by atoms with E-state index in [1.54, 1.807) is 0 Å². The molecule has 7 heteroatoms. The molecule has 1 aliphatic heterocycles. The van der Waals surface area contributed by atoms with Crippen LogP contribution in [0.5, 0.6) is 0 Å². The number of aromatic nitrogens is 3. The summed E-state index contributed by atoms with van der Waals surface area (Å²) in [7, 11) is 0. The van der Waals surface area contributed by atoms with E-state index in [1.807, 2.05) is 37.4 Å². The molecule has 0 fully saturated rings. The van der Waals surface area contributed by atoms with Gasteiger partial charge < -0.3 is 20.9 Å². The van der Waals surface area contributed by atoms with E-state index in [2.05, 4.69) is 30.9 Å². The Kier molecular flexibility index (Phi) is 3.53. The number of amides is 1. The molecule has 1 aromatic carbocycles. The molecule has 1 aliphatic rings. The summed E-state index contributed by atoms with van der Waals surface area (Å²) in [6.07, 6.45) is 3.12. The van der Waals surface area contributed by atoms with Crippen molar-refractivity contribution in [1.29, 1.82) is 0 Å². The number of hydrogen-bond donors (Lipinski definition) is 4. The van der Waals surface area contributed by atoms with Crippen molar-refractivity contribution in [3.8, 4) is 0 Å². The third-order valence-corrected chi connectivity index (χ3v) is 4.02. The van der Waals surface area contributed by atoms with Crippen molar-refractivity contribution in [3.63, 3.8) is 0 Å². The van der Waals surface area contributed by atoms with Crippen LogP contribution in [0.3, 0.4) is 0 Å². The lowest BCUT2D eigenvalue weighted by Crippen LogP contribution is -2.18. The van der Waals surface area contributed by atoms with Crippen LogP contribution in [-0.4, -0.2) is 27.4 Å². The van der Waals surface area contributed by atoms with E-state index in [0.717, 1.165) is 46.8 Å². The van der Waals surface area contributed by atoms with E-state index in [9.17, 15) is 4.79 Å². The number of hydrogen-bond acceptors (Lipinski definition) is 5. The molecule has 0 bridgehead atoms. The summed E-state index contributed by atoms with van der Waals surface area (Å²) in [6.45, 7) is 2.82. The summed E-state index contributed by atoms with van der Waals surface area (Å²) in [5.41, 5.74) is 3.69. The molecule has 2 aromatic heterocycles. The Bertz CT molecular complexity index is 917. The topological polar surface area (TPSA) is 94.7 Å². The average molecular weight is 322 g/mol. The summed E-state index contributed by atoms with van der Waals surface area (Å²) in [6, 6.07) is 7.81. The first-order valence-electron chi connectivity index (χ1n) is 8.02. The molecule has 0 saturated heterocycles. The Morgan fingerprint density at radius 1 is 1.21 bits per heavy atom. The molecule has 3 heterocycles. The van der Waals surface area contributed by atoms with Crippen molar-refractivity contribution in [2.24, 2.45) is 0 Å². The number of H-pyrrole nitrogens is 1. The van der Waals surface area contributed by atoms with Gasteiger partial charge in [0.1, 0.15) is 11.5 Å². The monoisotopic (exact) mass is 322 g/mol. The molecule has 0 radical (unpaired) electrons. The van der Waals surface area contributed by atoms with Gasteiger partial charge in [-0.3, -0.25) is 4.79 Å². The fraction of sp³-hybridized carbons (Fsp3) is 0.235. The number of aromatic amines is 1. The van der Waals surface area contributed by atoms with Gasteiger partial charge in [-0.1, -0.05) is 0 Å². The van der Waals surface area contributed by atoms with Gasteiger partial charge in [0.2, 0.25) is 11.9 Å². The standard InChI is InChI=1S/C17H18N6O/c1-2-18-15-12-7-8-19-16(12)23-17(22-15)20-11-4-5-13-10(9-11)3-6-14(24)21-13/h4-5,7-9H,2-3,6H2,1H3,(H,21,24)(H3,18,19,20,22,23). The lowest BCUT2D eigenvalue weighted by atomic mass is 10.0. The van der Waals surface area contributed by atoms with Crippen LogP contribution in [0.15, 0.2) is 30.5 Å². The van der Waals surface area contributed by atoms with Crippen LogP contribution in [0.1, 0.15) is 18.9 Å². The van der Waals surface area contributed by atoms with Gasteiger partial charge in [-0.2, -0.15) is 9.97 Å². The van der Waals surface area contributed by atoms with Crippen LogP contribution >= 0.6 is 0 Å². The highest BCUT2D eigenvalue weighted by atomic mass is 16.1. The minimum absolute atomic E-state index is 0.0685. The van der Waals surface area contributed by atoms with Gasteiger partial charge in [0, 0.05) is 30.5 Å². The van der Waals surface area contributed by atoms with Crippen LogP contribution in [0, 0.1) is 0 Å². The molecule has 4 rings (SSSR count). The number of aryl methyl sites for hydroxylation is 1. The fourth-order valence-corrected chi connectivity index (χ4v) is 2.89. The zero-order valence-corrected chi connectivity index (χ0v) is 13.3. The number of carbonyl (C=O) groups is 1. The Balaban J connectivity index is 1.65. The third-order valence-electron chi connectivity index (χ3n) is 4.02. The summed E-state index contributed by atoms with van der Waals surface area (Å²) in [5.74, 6) is 1.40. The average Bonchev–Trinajstić information content (AvgIpc) is 3.04. The number of nitrogens with one attached hydrogen (secondary N) is 4. The van der Waals surface area contributed by atoms with E-state index >= 15 is 0 Å². The summed E-state index contributed by atoms with van der Waals surface area (Å²) >= 11 is 0. The van der Waals surface area contributed by atoms with Crippen LogP contribution in [0.2, 0.25) is 0 Å². The summed E-state index contributed by atoms with van der Waals surface area (Å²) in [4.78, 5) is 23.6. The molecule has 1 amide bonds. The highest BCUT2D eigenvalue weighted by Crippen LogP contribution is 2.28. The van der Waals surface area contributed by atoms with Crippen molar-refractivity contribution in [3.05, 3.63) is 36.0 Å². The van der Waals surface area contributed by atoms with Gasteiger partial charge in [0.25, 0.3) is 0 Å². The van der Waals surface area contributed by atoms with Gasteiger partial charge in [0.05, 0.1) is 5.39 Å². The normalized spacial score (nSPS) is 13.5. The first-order valence-corrected chi connectivity index (χ1v) is 8.02. The van der Waals surface area contributed by atoms with Gasteiger partial charge >= 0.3 is 0 Å². The highest BCUT2D eigenvalue weighted by molar-refractivity contribution is 5.94. The van der Waals surface area contributed by atoms with E-state index in [-0.39, 0.29) is 5.91 Å². The predicted molar refractivity (Wildman–Crippen MR) is 94.7 cm³/mol. The maximum atomic E-state index is 11.4. The zero-order valence-electron chi connectivity index (χ0n) is 13.3. The SMILES string of the molecule is CCNc1nc(Nc2ccc3c(c2)CCC(=O)N3)nc2[nH]ccc12. The van der Waals surface area contributed by atoms with Gasteiger partial charge in [-0.25, -0.2) is 0 Å². The Morgan fingerprint density at radius 3 is 3.00 bits per heavy atom. The molecule has 7 nitrogen and oxygen atoms in total. The molecule has 122 valence electrons. The second-order valence-electron chi connectivity index (χ2n) is 5.71. The Hall–Kier alpha value is -3.09. The van der Waals surface area contributed by atoms with Crippen LogP contribution in [-0.2, 0) is 11.2 Å². The second kappa shape index (κ2) is 5.84. The van der Waals surface area contributed by atoms with Gasteiger partial charge in [0.15, 0.2) is 0 Å². The van der Waals surface area contributed by atoms with Crippen molar-refractivity contribution >= 4 is 40.1 Å². The summed E-state index contributed by atoms with van der Waals surface area (Å²) in [5, 5.41) is 10.4. The zero-order chi connectivity index (χ0) is 16.5. The van der Waals surface area contributed by atoms with E-state index in [0.29, 0.717) is 12.4 Å². The Labute approximate surface area is 138 Å². The maximum Gasteiger partial charge on any atom is 0.231 e. The lowest BCUT2D eigenvalue weighted by molar-refractivity contribution is -0.116. The number of benzene rings is 1. The molecular weight excluding hydrogens is 304 g/mol. The number of carbonyl (C=O) groups excluding carboxylic acids is 1. The number of nitrogens with zero attached hydrogens (tertiary/aromatic N) is 2. The van der Waals surface area contributed by atoms with E-state index in [4.69, 9.17) is 0 Å². The number of anilines is 4. The molecule has 0 aliphatic carbocycles. The number of rotatable bonds is 4. The first kappa shape index (κ1) is 14.5. The van der Waals surface area contributed by atoms with Gasteiger partial charge in [-0.15, -0.1) is 0 Å². The molecule has 0 saturated carbocycles. The van der Waals surface area contributed by atoms with Crippen molar-refractivity contribution in [2.45, 2.75) is 19.8 Å². The maximum absolute atomic E-state index is 11.4. The lowest BCUT2D eigenvalue weighted by Gasteiger charge is -2.18. The van der Waals surface area contributed by atoms with Crippen LogP contribution in [0.4, 0.5) is 23.1 Å². The number of fused-ring (bicyclic) bond motifs is 2.